The predicted octanol–water partition coefficient (Wildman–Crippen LogP) is 4.53. The Balaban J connectivity index is 1.26. The molecular formula is C29H35N5O3. The first-order valence-corrected chi connectivity index (χ1v) is 13.3. The van der Waals surface area contributed by atoms with Gasteiger partial charge in [-0.1, -0.05) is 0 Å². The minimum Gasteiger partial charge on any atom is -0.493 e. The zero-order valence-electron chi connectivity index (χ0n) is 21.8. The molecule has 3 aromatic rings. The topological polar surface area (TPSA) is 93.3 Å². The van der Waals surface area contributed by atoms with Gasteiger partial charge in [0.2, 0.25) is 5.82 Å². The molecule has 0 saturated carbocycles. The van der Waals surface area contributed by atoms with E-state index >= 15 is 0 Å². The second kappa shape index (κ2) is 11.4. The van der Waals surface area contributed by atoms with Crippen molar-refractivity contribution in [3.05, 3.63) is 41.9 Å². The number of likely N-dealkylation sites (tertiary alicyclic amines) is 1. The summed E-state index contributed by atoms with van der Waals surface area (Å²) in [5.41, 5.74) is 3.52. The van der Waals surface area contributed by atoms with Crippen molar-refractivity contribution >= 4 is 16.8 Å². The Bertz CT molecular complexity index is 1300. The van der Waals surface area contributed by atoms with Crippen LogP contribution in [0.1, 0.15) is 50.4 Å². The van der Waals surface area contributed by atoms with E-state index in [1.165, 1.54) is 0 Å². The third-order valence-corrected chi connectivity index (χ3v) is 7.53. The molecule has 2 aliphatic heterocycles. The molecule has 8 nitrogen and oxygen atoms in total. The molecule has 2 aromatic heterocycles. The minimum atomic E-state index is 0.169. The van der Waals surface area contributed by atoms with E-state index < -0.39 is 0 Å². The van der Waals surface area contributed by atoms with Crippen molar-refractivity contribution in [1.29, 1.82) is 5.26 Å². The molecule has 0 bridgehead atoms. The van der Waals surface area contributed by atoms with Crippen molar-refractivity contribution in [2.24, 2.45) is 5.92 Å². The maximum atomic E-state index is 11.3. The largest absolute Gasteiger partial charge is 0.493 e. The lowest BCUT2D eigenvalue weighted by atomic mass is 9.94. The molecule has 0 aliphatic carbocycles. The molecule has 5 rings (SSSR count). The number of aromatic nitrogens is 3. The highest BCUT2D eigenvalue weighted by atomic mass is 16.5. The smallest absolute Gasteiger partial charge is 0.234 e. The minimum absolute atomic E-state index is 0.169. The Kier molecular flexibility index (Phi) is 7.82. The second-order valence-corrected chi connectivity index (χ2v) is 10.4. The van der Waals surface area contributed by atoms with Gasteiger partial charge in [0, 0.05) is 23.8 Å². The number of nitrogens with zero attached hydrogens (tertiary/aromatic N) is 5. The summed E-state index contributed by atoms with van der Waals surface area (Å²) in [6.07, 6.45) is 7.58. The van der Waals surface area contributed by atoms with E-state index in [2.05, 4.69) is 31.6 Å². The Hall–Kier alpha value is -3.28. The number of carbonyl (C=O) groups is 1. The Morgan fingerprint density at radius 1 is 1.22 bits per heavy atom. The van der Waals surface area contributed by atoms with E-state index in [1.54, 1.807) is 6.92 Å². The average molecular weight is 502 g/mol. The van der Waals surface area contributed by atoms with Crippen LogP contribution >= 0.6 is 0 Å². The molecular weight excluding hydrogens is 466 g/mol. The van der Waals surface area contributed by atoms with Crippen LogP contribution in [0.5, 0.6) is 5.75 Å². The van der Waals surface area contributed by atoms with E-state index in [4.69, 9.17) is 9.47 Å². The van der Waals surface area contributed by atoms with Gasteiger partial charge in [-0.05, 0) is 94.8 Å². The fourth-order valence-electron chi connectivity index (χ4n) is 5.53. The van der Waals surface area contributed by atoms with Crippen LogP contribution in [0.15, 0.2) is 30.5 Å². The van der Waals surface area contributed by atoms with Crippen LogP contribution < -0.4 is 4.74 Å². The Morgan fingerprint density at radius 2 is 2.05 bits per heavy atom. The molecule has 4 heterocycles. The van der Waals surface area contributed by atoms with Gasteiger partial charge in [0.05, 0.1) is 31.5 Å². The summed E-state index contributed by atoms with van der Waals surface area (Å²) >= 11 is 0. The van der Waals surface area contributed by atoms with Gasteiger partial charge in [-0.2, -0.15) is 5.26 Å². The van der Waals surface area contributed by atoms with Crippen LogP contribution in [0.25, 0.3) is 22.3 Å². The van der Waals surface area contributed by atoms with E-state index in [0.29, 0.717) is 19.1 Å². The highest BCUT2D eigenvalue weighted by molar-refractivity contribution is 5.91. The number of hydrogen-bond acceptors (Lipinski definition) is 7. The number of Topliss-reactive ketones (excluding diaryl/α,β-unsaturated/α-hetero) is 1. The van der Waals surface area contributed by atoms with Crippen LogP contribution in [0.3, 0.4) is 0 Å². The number of fused-ring (bicyclic) bond motifs is 1. The zero-order chi connectivity index (χ0) is 25.8. The Labute approximate surface area is 218 Å². The van der Waals surface area contributed by atoms with Gasteiger partial charge < -0.3 is 14.0 Å². The summed E-state index contributed by atoms with van der Waals surface area (Å²) in [6.45, 7) is 8.48. The maximum absolute atomic E-state index is 11.3. The third-order valence-electron chi connectivity index (χ3n) is 7.53. The van der Waals surface area contributed by atoms with Crippen LogP contribution in [0.2, 0.25) is 0 Å². The van der Waals surface area contributed by atoms with Crippen LogP contribution in [-0.4, -0.2) is 64.2 Å². The van der Waals surface area contributed by atoms with Gasteiger partial charge in [0.1, 0.15) is 23.2 Å². The molecule has 0 spiro atoms. The first-order chi connectivity index (χ1) is 18.0. The quantitative estimate of drug-likeness (QED) is 0.425. The molecule has 0 amide bonds. The lowest BCUT2D eigenvalue weighted by molar-refractivity contribution is -0.118. The lowest BCUT2D eigenvalue weighted by Gasteiger charge is -2.31. The molecule has 37 heavy (non-hydrogen) atoms. The van der Waals surface area contributed by atoms with E-state index in [9.17, 15) is 10.1 Å². The van der Waals surface area contributed by atoms with Crippen molar-refractivity contribution in [2.75, 3.05) is 32.8 Å². The number of rotatable bonds is 9. The van der Waals surface area contributed by atoms with E-state index in [0.717, 1.165) is 91.9 Å². The second-order valence-electron chi connectivity index (χ2n) is 10.4. The zero-order valence-corrected chi connectivity index (χ0v) is 21.8. The van der Waals surface area contributed by atoms with Crippen molar-refractivity contribution < 1.29 is 14.3 Å². The Morgan fingerprint density at radius 3 is 2.76 bits per heavy atom. The third kappa shape index (κ3) is 6.00. The summed E-state index contributed by atoms with van der Waals surface area (Å²) in [7, 11) is 0. The SMILES string of the molecule is CC(=O)CN1CCC(CCOc2ccc(-c3nc(C#N)nc4c3ccn4CC3CCCO3)cc2C)CC1. The van der Waals surface area contributed by atoms with Crippen LogP contribution in [-0.2, 0) is 16.1 Å². The maximum Gasteiger partial charge on any atom is 0.234 e. The highest BCUT2D eigenvalue weighted by Crippen LogP contribution is 2.31. The van der Waals surface area contributed by atoms with Gasteiger partial charge in [0.25, 0.3) is 0 Å². The number of ketones is 1. The normalized spacial score (nSPS) is 18.8. The summed E-state index contributed by atoms with van der Waals surface area (Å²) in [5.74, 6) is 1.92. The number of aryl methyl sites for hydroxylation is 1. The van der Waals surface area contributed by atoms with Crippen molar-refractivity contribution in [3.63, 3.8) is 0 Å². The molecule has 0 radical (unpaired) electrons. The van der Waals surface area contributed by atoms with Crippen molar-refractivity contribution in [2.45, 2.75) is 58.6 Å². The highest BCUT2D eigenvalue weighted by Gasteiger charge is 2.21. The summed E-state index contributed by atoms with van der Waals surface area (Å²) in [6, 6.07) is 10.3. The molecule has 8 heteroatoms. The summed E-state index contributed by atoms with van der Waals surface area (Å²) in [5, 5.41) is 10.5. The number of ether oxygens (including phenoxy) is 2. The monoisotopic (exact) mass is 501 g/mol. The first kappa shape index (κ1) is 25.4. The lowest BCUT2D eigenvalue weighted by Crippen LogP contribution is -2.37. The summed E-state index contributed by atoms with van der Waals surface area (Å²) < 4.78 is 14.0. The molecule has 1 unspecified atom stereocenters. The van der Waals surface area contributed by atoms with Gasteiger partial charge in [-0.15, -0.1) is 0 Å². The van der Waals surface area contributed by atoms with Gasteiger partial charge in [-0.25, -0.2) is 9.97 Å². The number of piperidine rings is 1. The van der Waals surface area contributed by atoms with Gasteiger partial charge in [0.15, 0.2) is 0 Å². The van der Waals surface area contributed by atoms with Crippen LogP contribution in [0, 0.1) is 24.2 Å². The predicted molar refractivity (Wildman–Crippen MR) is 141 cm³/mol. The van der Waals surface area contributed by atoms with E-state index in [-0.39, 0.29) is 17.7 Å². The number of carbonyl (C=O) groups excluding carboxylic acids is 1. The first-order valence-electron chi connectivity index (χ1n) is 13.3. The fraction of sp³-hybridized carbons (Fsp3) is 0.517. The number of hydrogen-bond donors (Lipinski definition) is 0. The van der Waals surface area contributed by atoms with Crippen molar-refractivity contribution in [3.8, 4) is 23.1 Å². The van der Waals surface area contributed by atoms with Gasteiger partial charge >= 0.3 is 0 Å². The number of benzene rings is 1. The fourth-order valence-corrected chi connectivity index (χ4v) is 5.53. The van der Waals surface area contributed by atoms with Gasteiger partial charge in [-0.3, -0.25) is 9.69 Å². The number of nitriles is 1. The molecule has 2 aliphatic rings. The molecule has 2 saturated heterocycles. The molecule has 1 atom stereocenters. The standard InChI is InChI=1S/C29H35N5O3/c1-20-16-23(5-6-26(20)37-15-10-22-7-11-33(12-8-22)18-21(2)35)28-25-9-13-34(19-24-4-3-14-36-24)29(25)32-27(17-30)31-28/h5-6,9,13,16,22,24H,3-4,7-8,10-12,14-15,18-19H2,1-2H3. The molecule has 2 fully saturated rings. The van der Waals surface area contributed by atoms with Crippen LogP contribution in [0.4, 0.5) is 0 Å². The van der Waals surface area contributed by atoms with Crippen molar-refractivity contribution in [1.82, 2.24) is 19.4 Å². The van der Waals surface area contributed by atoms with E-state index in [1.807, 2.05) is 31.3 Å². The average Bonchev–Trinajstić information content (AvgIpc) is 3.55. The molecule has 1 aromatic carbocycles. The summed E-state index contributed by atoms with van der Waals surface area (Å²) in [4.78, 5) is 22.7. The molecule has 194 valence electrons. The molecule has 0 N–H and O–H groups in total.